The molecule has 1 aliphatic rings. The third-order valence-electron chi connectivity index (χ3n) is 4.73. The molecule has 0 fully saturated rings. The average molecular weight is 202 g/mol. The van der Waals surface area contributed by atoms with Crippen LogP contribution in [-0.4, -0.2) is 0 Å². The molecule has 2 rings (SSSR count). The number of rotatable bonds is 0. The molecule has 0 amide bonds. The monoisotopic (exact) mass is 202 g/mol. The summed E-state index contributed by atoms with van der Waals surface area (Å²) in [5, 5.41) is 0. The second-order valence-electron chi connectivity index (χ2n) is 6.21. The molecular formula is C15H22. The van der Waals surface area contributed by atoms with Crippen molar-refractivity contribution in [3.05, 3.63) is 34.9 Å². The Morgan fingerprint density at radius 3 is 2.07 bits per heavy atom. The lowest BCUT2D eigenvalue weighted by Gasteiger charge is -2.32. The van der Waals surface area contributed by atoms with Crippen molar-refractivity contribution in [2.75, 3.05) is 0 Å². The van der Waals surface area contributed by atoms with Crippen LogP contribution in [0.1, 0.15) is 51.3 Å². The molecule has 82 valence electrons. The van der Waals surface area contributed by atoms with Crippen LogP contribution in [0.2, 0.25) is 0 Å². The first kappa shape index (κ1) is 10.7. The lowest BCUT2D eigenvalue weighted by Crippen LogP contribution is -2.30. The summed E-state index contributed by atoms with van der Waals surface area (Å²) in [6, 6.07) is 6.95. The van der Waals surface area contributed by atoms with Gasteiger partial charge in [0.1, 0.15) is 0 Å². The van der Waals surface area contributed by atoms with Crippen molar-refractivity contribution < 1.29 is 0 Å². The lowest BCUT2D eigenvalue weighted by atomic mass is 9.71. The molecule has 0 nitrogen and oxygen atoms in total. The van der Waals surface area contributed by atoms with Crippen molar-refractivity contribution in [3.63, 3.8) is 0 Å². The van der Waals surface area contributed by atoms with Gasteiger partial charge >= 0.3 is 0 Å². The van der Waals surface area contributed by atoms with Crippen LogP contribution in [0.3, 0.4) is 0 Å². The summed E-state index contributed by atoms with van der Waals surface area (Å²) >= 11 is 0. The van der Waals surface area contributed by atoms with Gasteiger partial charge in [-0.1, -0.05) is 58.4 Å². The van der Waals surface area contributed by atoms with E-state index in [9.17, 15) is 0 Å². The van der Waals surface area contributed by atoms with Crippen molar-refractivity contribution >= 4 is 0 Å². The van der Waals surface area contributed by atoms with Gasteiger partial charge in [-0.3, -0.25) is 0 Å². The van der Waals surface area contributed by atoms with Crippen LogP contribution in [0, 0.1) is 12.8 Å². The summed E-state index contributed by atoms with van der Waals surface area (Å²) in [6.45, 7) is 14.1. The molecule has 0 N–H and O–H groups in total. The molecule has 0 heterocycles. The Labute approximate surface area is 93.7 Å². The van der Waals surface area contributed by atoms with E-state index in [-0.39, 0.29) is 0 Å². The summed E-state index contributed by atoms with van der Waals surface area (Å²) in [5.41, 5.74) is 5.11. The number of hydrogen-bond acceptors (Lipinski definition) is 0. The normalized spacial score (nSPS) is 26.4. The smallest absolute Gasteiger partial charge is 0.00666 e. The number of fused-ring (bicyclic) bond motifs is 1. The fourth-order valence-electron chi connectivity index (χ4n) is 3.12. The van der Waals surface area contributed by atoms with Crippen LogP contribution in [0.5, 0.6) is 0 Å². The van der Waals surface area contributed by atoms with Gasteiger partial charge < -0.3 is 0 Å². The van der Waals surface area contributed by atoms with E-state index in [1.807, 2.05) is 0 Å². The predicted octanol–water partition coefficient (Wildman–Crippen LogP) is 4.20. The van der Waals surface area contributed by atoms with E-state index in [4.69, 9.17) is 0 Å². The average Bonchev–Trinajstić information content (AvgIpc) is 2.26. The van der Waals surface area contributed by atoms with Gasteiger partial charge in [-0.05, 0) is 34.8 Å². The maximum absolute atomic E-state index is 2.38. The Hall–Kier alpha value is -0.780. The highest BCUT2D eigenvalue weighted by Gasteiger charge is 2.48. The largest absolute Gasteiger partial charge is 0.0608 e. The minimum atomic E-state index is 0.310. The van der Waals surface area contributed by atoms with E-state index in [1.165, 1.54) is 5.56 Å². The van der Waals surface area contributed by atoms with Crippen molar-refractivity contribution in [2.24, 2.45) is 5.92 Å². The highest BCUT2D eigenvalue weighted by Crippen LogP contribution is 2.53. The van der Waals surface area contributed by atoms with E-state index in [1.54, 1.807) is 11.1 Å². The second kappa shape index (κ2) is 2.87. The van der Waals surface area contributed by atoms with E-state index in [2.05, 4.69) is 59.7 Å². The fourth-order valence-corrected chi connectivity index (χ4v) is 3.12. The Kier molecular flexibility index (Phi) is 2.05. The van der Waals surface area contributed by atoms with Crippen LogP contribution < -0.4 is 0 Å². The number of benzene rings is 1. The van der Waals surface area contributed by atoms with Gasteiger partial charge in [-0.15, -0.1) is 0 Å². The molecule has 0 aromatic heterocycles. The Balaban J connectivity index is 2.71. The molecule has 0 bridgehead atoms. The molecule has 0 heteroatoms. The fraction of sp³-hybridized carbons (Fsp3) is 0.600. The third-order valence-corrected chi connectivity index (χ3v) is 4.73. The zero-order chi connectivity index (χ0) is 11.4. The van der Waals surface area contributed by atoms with Crippen molar-refractivity contribution in [1.82, 2.24) is 0 Å². The maximum atomic E-state index is 2.38. The summed E-state index contributed by atoms with van der Waals surface area (Å²) in [5.74, 6) is 0.696. The Morgan fingerprint density at radius 2 is 1.47 bits per heavy atom. The molecule has 15 heavy (non-hydrogen) atoms. The highest BCUT2D eigenvalue weighted by molar-refractivity contribution is 5.47. The van der Waals surface area contributed by atoms with E-state index < -0.39 is 0 Å². The first-order valence-corrected chi connectivity index (χ1v) is 5.89. The molecule has 1 atom stereocenters. The molecule has 1 aromatic carbocycles. The van der Waals surface area contributed by atoms with Crippen LogP contribution >= 0.6 is 0 Å². The van der Waals surface area contributed by atoms with Gasteiger partial charge in [0.05, 0.1) is 0 Å². The quantitative estimate of drug-likeness (QED) is 0.591. The van der Waals surface area contributed by atoms with Gasteiger partial charge in [0.15, 0.2) is 0 Å². The van der Waals surface area contributed by atoms with Crippen LogP contribution in [-0.2, 0) is 10.8 Å². The highest BCUT2D eigenvalue weighted by atomic mass is 14.5. The summed E-state index contributed by atoms with van der Waals surface area (Å²) in [6.07, 6.45) is 0. The first-order chi connectivity index (χ1) is 6.78. The molecule has 0 radical (unpaired) electrons. The molecule has 0 saturated heterocycles. The van der Waals surface area contributed by atoms with Gasteiger partial charge in [0, 0.05) is 0 Å². The molecule has 1 aliphatic carbocycles. The zero-order valence-electron chi connectivity index (χ0n) is 10.8. The van der Waals surface area contributed by atoms with Gasteiger partial charge in [0.25, 0.3) is 0 Å². The summed E-state index contributed by atoms with van der Waals surface area (Å²) < 4.78 is 0. The summed E-state index contributed by atoms with van der Waals surface area (Å²) in [7, 11) is 0. The lowest BCUT2D eigenvalue weighted by molar-refractivity contribution is 0.264. The van der Waals surface area contributed by atoms with Crippen molar-refractivity contribution in [1.29, 1.82) is 0 Å². The Morgan fingerprint density at radius 1 is 0.933 bits per heavy atom. The maximum Gasteiger partial charge on any atom is -0.00666 e. The minimum absolute atomic E-state index is 0.310. The van der Waals surface area contributed by atoms with Gasteiger partial charge in [-0.2, -0.15) is 0 Å². The zero-order valence-corrected chi connectivity index (χ0v) is 10.8. The van der Waals surface area contributed by atoms with Crippen LogP contribution in [0.4, 0.5) is 0 Å². The number of hydrogen-bond donors (Lipinski definition) is 0. The van der Waals surface area contributed by atoms with Crippen LogP contribution in [0.15, 0.2) is 18.2 Å². The molecule has 0 spiro atoms. The Bertz CT molecular complexity index is 396. The summed E-state index contributed by atoms with van der Waals surface area (Å²) in [4.78, 5) is 0. The third kappa shape index (κ3) is 1.27. The molecule has 0 aliphatic heterocycles. The molecule has 0 saturated carbocycles. The van der Waals surface area contributed by atoms with Crippen molar-refractivity contribution in [3.8, 4) is 0 Å². The molecule has 0 unspecified atom stereocenters. The second-order valence-corrected chi connectivity index (χ2v) is 6.21. The van der Waals surface area contributed by atoms with E-state index in [0.717, 1.165) is 0 Å². The van der Waals surface area contributed by atoms with E-state index in [0.29, 0.717) is 16.7 Å². The minimum Gasteiger partial charge on any atom is -0.0608 e. The standard InChI is InChI=1S/C15H22/c1-10-7-8-12-13(9-10)15(5,6)11(2)14(12,3)4/h7-9,11H,1-6H3/t11-/m0/s1. The van der Waals surface area contributed by atoms with E-state index >= 15 is 0 Å². The first-order valence-electron chi connectivity index (χ1n) is 5.89. The SMILES string of the molecule is Cc1ccc2c(c1)C(C)(C)[C@@H](C)C2(C)C. The van der Waals surface area contributed by atoms with Crippen LogP contribution in [0.25, 0.3) is 0 Å². The topological polar surface area (TPSA) is 0 Å². The number of aryl methyl sites for hydroxylation is 1. The van der Waals surface area contributed by atoms with Crippen molar-refractivity contribution in [2.45, 2.75) is 52.4 Å². The molecule has 1 aromatic rings. The van der Waals surface area contributed by atoms with Gasteiger partial charge in [0.2, 0.25) is 0 Å². The molecular weight excluding hydrogens is 180 g/mol. The van der Waals surface area contributed by atoms with Gasteiger partial charge in [-0.25, -0.2) is 0 Å². The predicted molar refractivity (Wildman–Crippen MR) is 66.4 cm³/mol.